The maximum Gasteiger partial charge on any atom is 0.313 e. The highest BCUT2D eigenvalue weighted by Gasteiger charge is 2.37. The number of rotatable bonds is 0. The predicted octanol–water partition coefficient (Wildman–Crippen LogP) is 2.62. The number of carbonyl (C=O) groups is 3. The normalized spacial score (nSPS) is 30.2. The zero-order valence-corrected chi connectivity index (χ0v) is 17.7. The molecule has 0 aromatic rings. The minimum absolute atomic E-state index is 0.0587. The molecule has 3 heterocycles. The molecule has 0 N–H and O–H groups in total. The molecule has 30 heavy (non-hydrogen) atoms. The Morgan fingerprint density at radius 2 is 1.53 bits per heavy atom. The molecule has 168 valence electrons. The Kier molecular flexibility index (Phi) is 8.16. The number of cyclic esters (lactones) is 1. The molecule has 0 amide bonds. The Morgan fingerprint density at radius 1 is 0.867 bits per heavy atom. The summed E-state index contributed by atoms with van der Waals surface area (Å²) in [7, 11) is 0. The Bertz CT molecular complexity index is 644. The van der Waals surface area contributed by atoms with Gasteiger partial charge >= 0.3 is 5.97 Å². The van der Waals surface area contributed by atoms with E-state index in [1.807, 2.05) is 6.08 Å². The number of esters is 1. The predicted molar refractivity (Wildman–Crippen MR) is 106 cm³/mol. The third kappa shape index (κ3) is 6.70. The van der Waals surface area contributed by atoms with Gasteiger partial charge in [0.05, 0.1) is 45.4 Å². The van der Waals surface area contributed by atoms with Gasteiger partial charge < -0.3 is 23.7 Å². The van der Waals surface area contributed by atoms with Crippen molar-refractivity contribution in [1.29, 1.82) is 0 Å². The zero-order valence-electron chi connectivity index (χ0n) is 17.7. The van der Waals surface area contributed by atoms with Crippen LogP contribution in [0.5, 0.6) is 0 Å². The first kappa shape index (κ1) is 23.1. The number of ketones is 2. The first-order valence-electron chi connectivity index (χ1n) is 10.9. The zero-order chi connectivity index (χ0) is 21.5. The Labute approximate surface area is 177 Å². The first-order chi connectivity index (χ1) is 14.4. The lowest BCUT2D eigenvalue weighted by Gasteiger charge is -2.28. The van der Waals surface area contributed by atoms with Gasteiger partial charge in [0.25, 0.3) is 0 Å². The van der Waals surface area contributed by atoms with Gasteiger partial charge in [-0.15, -0.1) is 0 Å². The fraction of sp³-hybridized carbons (Fsp3) is 0.773. The van der Waals surface area contributed by atoms with E-state index >= 15 is 0 Å². The van der Waals surface area contributed by atoms with Crippen LogP contribution in [0.25, 0.3) is 0 Å². The molecule has 2 fully saturated rings. The van der Waals surface area contributed by atoms with Gasteiger partial charge in [0.2, 0.25) is 0 Å². The Morgan fingerprint density at radius 3 is 2.27 bits per heavy atom. The van der Waals surface area contributed by atoms with Crippen molar-refractivity contribution in [2.45, 2.75) is 82.4 Å². The number of carbonyl (C=O) groups excluding carboxylic acids is 3. The summed E-state index contributed by atoms with van der Waals surface area (Å²) in [6.45, 7) is 3.74. The monoisotopic (exact) mass is 424 g/mol. The lowest BCUT2D eigenvalue weighted by Crippen LogP contribution is -2.32. The van der Waals surface area contributed by atoms with E-state index in [1.165, 1.54) is 0 Å². The molecule has 2 spiro atoms. The quantitative estimate of drug-likeness (QED) is 0.333. The molecule has 3 rings (SSSR count). The van der Waals surface area contributed by atoms with Crippen molar-refractivity contribution in [3.8, 4) is 0 Å². The summed E-state index contributed by atoms with van der Waals surface area (Å²) in [6.07, 6.45) is 7.15. The van der Waals surface area contributed by atoms with Gasteiger partial charge in [0.15, 0.2) is 17.4 Å². The number of hydrogen-bond donors (Lipinski definition) is 0. The third-order valence-corrected chi connectivity index (χ3v) is 5.57. The molecule has 2 saturated heterocycles. The highest BCUT2D eigenvalue weighted by molar-refractivity contribution is 6.05. The highest BCUT2D eigenvalue weighted by Crippen LogP contribution is 2.32. The van der Waals surface area contributed by atoms with E-state index in [9.17, 15) is 14.4 Å². The Hall–Kier alpha value is -1.61. The van der Waals surface area contributed by atoms with Crippen molar-refractivity contribution >= 4 is 17.5 Å². The molecule has 0 aliphatic carbocycles. The summed E-state index contributed by atoms with van der Waals surface area (Å²) in [4.78, 5) is 36.6. The smallest absolute Gasteiger partial charge is 0.313 e. The molecule has 0 radical (unpaired) electrons. The molecule has 0 bridgehead atoms. The minimum Gasteiger partial charge on any atom is -0.462 e. The van der Waals surface area contributed by atoms with E-state index in [0.717, 1.165) is 32.1 Å². The topological polar surface area (TPSA) is 97.4 Å². The third-order valence-electron chi connectivity index (χ3n) is 5.57. The van der Waals surface area contributed by atoms with Crippen molar-refractivity contribution < 1.29 is 38.1 Å². The van der Waals surface area contributed by atoms with E-state index in [2.05, 4.69) is 0 Å². The first-order valence-corrected chi connectivity index (χ1v) is 10.9. The molecule has 3 aliphatic rings. The van der Waals surface area contributed by atoms with Gasteiger partial charge in [-0.25, -0.2) is 0 Å². The second kappa shape index (κ2) is 10.6. The largest absolute Gasteiger partial charge is 0.462 e. The minimum atomic E-state index is -1.13. The summed E-state index contributed by atoms with van der Waals surface area (Å²) in [6, 6.07) is 0. The molecule has 3 aliphatic heterocycles. The lowest BCUT2D eigenvalue weighted by molar-refractivity contribution is -0.169. The number of Topliss-reactive ketones (excluding diaryl/α,β-unsaturated/α-hetero) is 2. The molecular weight excluding hydrogens is 392 g/mol. The molecular formula is C22H32O8. The van der Waals surface area contributed by atoms with Crippen LogP contribution in [0.15, 0.2) is 12.2 Å². The number of hydrogen-bond acceptors (Lipinski definition) is 8. The van der Waals surface area contributed by atoms with E-state index in [4.69, 9.17) is 23.7 Å². The van der Waals surface area contributed by atoms with Gasteiger partial charge in [0.1, 0.15) is 12.2 Å². The van der Waals surface area contributed by atoms with Gasteiger partial charge in [-0.1, -0.05) is 6.08 Å². The summed E-state index contributed by atoms with van der Waals surface area (Å²) in [5.41, 5.74) is 0. The number of allylic oxidation sites excluding steroid dienone is 1. The van der Waals surface area contributed by atoms with E-state index in [0.29, 0.717) is 32.8 Å². The van der Waals surface area contributed by atoms with E-state index < -0.39 is 29.7 Å². The summed E-state index contributed by atoms with van der Waals surface area (Å²) in [5.74, 6) is -3.10. The average molecular weight is 424 g/mol. The van der Waals surface area contributed by atoms with Crippen molar-refractivity contribution in [3.05, 3.63) is 12.2 Å². The van der Waals surface area contributed by atoms with Crippen LogP contribution in [0, 0.1) is 0 Å². The van der Waals surface area contributed by atoms with Crippen LogP contribution in [0.2, 0.25) is 0 Å². The number of ether oxygens (including phenoxy) is 5. The second-order valence-corrected chi connectivity index (χ2v) is 8.21. The molecule has 0 aromatic carbocycles. The van der Waals surface area contributed by atoms with Gasteiger partial charge in [-0.2, -0.15) is 0 Å². The molecule has 1 unspecified atom stereocenters. The average Bonchev–Trinajstić information content (AvgIpc) is 3.31. The maximum absolute atomic E-state index is 12.4. The van der Waals surface area contributed by atoms with Crippen LogP contribution in [-0.2, 0) is 38.1 Å². The van der Waals surface area contributed by atoms with Crippen LogP contribution in [-0.4, -0.2) is 61.6 Å². The van der Waals surface area contributed by atoms with Crippen LogP contribution in [0.1, 0.15) is 64.7 Å². The van der Waals surface area contributed by atoms with Gasteiger partial charge in [0, 0.05) is 12.8 Å². The van der Waals surface area contributed by atoms with Crippen LogP contribution < -0.4 is 0 Å². The fourth-order valence-corrected chi connectivity index (χ4v) is 4.16. The molecule has 1 atom stereocenters. The molecule has 8 nitrogen and oxygen atoms in total. The lowest BCUT2D eigenvalue weighted by atomic mass is 9.99. The molecule has 8 heteroatoms. The highest BCUT2D eigenvalue weighted by atomic mass is 16.7. The summed E-state index contributed by atoms with van der Waals surface area (Å²) in [5, 5.41) is 0. The van der Waals surface area contributed by atoms with Crippen LogP contribution in [0.3, 0.4) is 0 Å². The molecule has 0 aromatic heterocycles. The van der Waals surface area contributed by atoms with E-state index in [1.54, 1.807) is 13.0 Å². The summed E-state index contributed by atoms with van der Waals surface area (Å²) >= 11 is 0. The molecule has 0 saturated carbocycles. The standard InChI is InChI=1S/C22H32O8/c1-17-6-5-9-21(26-10-11-27-21)7-3-2-4-8-22(28-12-13-29-22)16-19(24)14-18(23)15-20(25)30-17/h4,8,17H,2-3,5-7,9-16H2,1H3/b8-4+. The van der Waals surface area contributed by atoms with Crippen molar-refractivity contribution in [2.75, 3.05) is 26.4 Å². The Balaban J connectivity index is 1.68. The van der Waals surface area contributed by atoms with Crippen molar-refractivity contribution in [3.63, 3.8) is 0 Å². The van der Waals surface area contributed by atoms with Crippen LogP contribution in [0.4, 0.5) is 0 Å². The van der Waals surface area contributed by atoms with Crippen LogP contribution >= 0.6 is 0 Å². The second-order valence-electron chi connectivity index (χ2n) is 8.21. The maximum atomic E-state index is 12.4. The van der Waals surface area contributed by atoms with Gasteiger partial charge in [-0.05, 0) is 38.7 Å². The SMILES string of the molecule is CC1CCCC2(CCC/C=C/C3(CC(=O)CC(=O)CC(=O)O1)OCCO3)OCCO2. The van der Waals surface area contributed by atoms with E-state index in [-0.39, 0.29) is 24.7 Å². The van der Waals surface area contributed by atoms with Gasteiger partial charge in [-0.3, -0.25) is 14.4 Å². The summed E-state index contributed by atoms with van der Waals surface area (Å²) < 4.78 is 28.5. The van der Waals surface area contributed by atoms with Crippen molar-refractivity contribution in [2.24, 2.45) is 0 Å². The van der Waals surface area contributed by atoms with Crippen molar-refractivity contribution in [1.82, 2.24) is 0 Å². The fourth-order valence-electron chi connectivity index (χ4n) is 4.16.